The zero-order valence-electron chi connectivity index (χ0n) is 19.0. The molecule has 0 radical (unpaired) electrons. The number of nitrogens with one attached hydrogen (secondary N) is 1. The molecule has 1 fully saturated rings. The van der Waals surface area contributed by atoms with Gasteiger partial charge in [0.25, 0.3) is 5.19 Å². The number of hydrogen-bond acceptors (Lipinski definition) is 9. The Balaban J connectivity index is 1.51. The minimum atomic E-state index is -4.53. The van der Waals surface area contributed by atoms with E-state index in [9.17, 15) is 22.8 Å². The number of hydrogen-bond donors (Lipinski definition) is 1. The molecule has 0 aliphatic carbocycles. The summed E-state index contributed by atoms with van der Waals surface area (Å²) in [4.78, 5) is 39.1. The van der Waals surface area contributed by atoms with Gasteiger partial charge in [0.1, 0.15) is 23.8 Å². The van der Waals surface area contributed by atoms with Gasteiger partial charge < -0.3 is 19.7 Å². The summed E-state index contributed by atoms with van der Waals surface area (Å²) in [6, 6.07) is -0.337. The van der Waals surface area contributed by atoms with Gasteiger partial charge in [0, 0.05) is 25.5 Å². The van der Waals surface area contributed by atoms with E-state index in [1.54, 1.807) is 27.7 Å². The number of halogens is 3. The maximum absolute atomic E-state index is 12.7. The van der Waals surface area contributed by atoms with E-state index in [1.807, 2.05) is 0 Å². The number of aromatic nitrogens is 3. The Morgan fingerprint density at radius 2 is 1.85 bits per heavy atom. The second kappa shape index (κ2) is 9.99. The van der Waals surface area contributed by atoms with Crippen molar-refractivity contribution in [3.8, 4) is 5.19 Å². The van der Waals surface area contributed by atoms with Crippen molar-refractivity contribution in [2.24, 2.45) is 0 Å². The molecule has 186 valence electrons. The summed E-state index contributed by atoms with van der Waals surface area (Å²) in [6.45, 7) is 7.73. The molecule has 1 aliphatic rings. The van der Waals surface area contributed by atoms with Crippen LogP contribution in [-0.2, 0) is 15.7 Å². The number of ether oxygens (including phenoxy) is 2. The van der Waals surface area contributed by atoms with Gasteiger partial charge in [-0.15, -0.1) is 0 Å². The first-order chi connectivity index (χ1) is 15.8. The van der Waals surface area contributed by atoms with Crippen LogP contribution in [0.4, 0.5) is 28.9 Å². The van der Waals surface area contributed by atoms with Crippen molar-refractivity contribution in [2.75, 3.05) is 36.0 Å². The van der Waals surface area contributed by atoms with E-state index >= 15 is 0 Å². The van der Waals surface area contributed by atoms with Crippen LogP contribution in [0.1, 0.15) is 33.3 Å². The van der Waals surface area contributed by atoms with Crippen LogP contribution >= 0.6 is 11.3 Å². The molecule has 14 heteroatoms. The molecule has 1 atom stereocenters. The SMILES string of the molecule is C[C@@H](COc1ncc(N2CCN(c3ncc(C(F)(F)F)cn3)CC2=O)s1)NC(=O)OC(C)(C)C. The number of carbonyl (C=O) groups excluding carboxylic acids is 2. The largest absolute Gasteiger partial charge is 0.468 e. The summed E-state index contributed by atoms with van der Waals surface area (Å²) in [5.41, 5.74) is -1.56. The van der Waals surface area contributed by atoms with E-state index in [4.69, 9.17) is 9.47 Å². The van der Waals surface area contributed by atoms with Crippen molar-refractivity contribution in [3.63, 3.8) is 0 Å². The Morgan fingerprint density at radius 1 is 1.18 bits per heavy atom. The summed E-state index contributed by atoms with van der Waals surface area (Å²) in [5, 5.41) is 3.56. The van der Waals surface area contributed by atoms with E-state index in [2.05, 4.69) is 20.3 Å². The molecule has 0 unspecified atom stereocenters. The first-order valence-electron chi connectivity index (χ1n) is 10.3. The lowest BCUT2D eigenvalue weighted by molar-refractivity contribution is -0.138. The predicted octanol–water partition coefficient (Wildman–Crippen LogP) is 3.10. The lowest BCUT2D eigenvalue weighted by atomic mass is 10.2. The van der Waals surface area contributed by atoms with Crippen LogP contribution < -0.4 is 19.9 Å². The van der Waals surface area contributed by atoms with Crippen LogP contribution in [-0.4, -0.2) is 64.8 Å². The summed E-state index contributed by atoms with van der Waals surface area (Å²) in [7, 11) is 0. The molecule has 0 spiro atoms. The highest BCUT2D eigenvalue weighted by Crippen LogP contribution is 2.31. The number of piperazine rings is 1. The number of rotatable bonds is 6. The van der Waals surface area contributed by atoms with E-state index in [-0.39, 0.29) is 37.6 Å². The molecule has 3 rings (SSSR count). The van der Waals surface area contributed by atoms with Crippen LogP contribution in [0.15, 0.2) is 18.6 Å². The molecule has 1 aliphatic heterocycles. The van der Waals surface area contributed by atoms with Gasteiger partial charge in [0.05, 0.1) is 17.8 Å². The van der Waals surface area contributed by atoms with E-state index in [1.165, 1.54) is 27.3 Å². The van der Waals surface area contributed by atoms with Crippen molar-refractivity contribution in [1.29, 1.82) is 0 Å². The Bertz CT molecular complexity index is 1010. The fraction of sp³-hybridized carbons (Fsp3) is 0.550. The number of amides is 2. The molecule has 1 N–H and O–H groups in total. The molecule has 2 aromatic heterocycles. The van der Waals surface area contributed by atoms with Crippen molar-refractivity contribution in [2.45, 2.75) is 45.5 Å². The van der Waals surface area contributed by atoms with Crippen LogP contribution in [0.25, 0.3) is 0 Å². The molecule has 0 saturated carbocycles. The molecule has 2 aromatic rings. The average molecular weight is 503 g/mol. The number of alkyl carbamates (subject to hydrolysis) is 1. The molecule has 2 amide bonds. The van der Waals surface area contributed by atoms with Crippen LogP contribution in [0, 0.1) is 0 Å². The third-order valence-electron chi connectivity index (χ3n) is 4.43. The maximum Gasteiger partial charge on any atom is 0.419 e. The van der Waals surface area contributed by atoms with Gasteiger partial charge in [-0.3, -0.25) is 9.69 Å². The minimum Gasteiger partial charge on any atom is -0.468 e. The third kappa shape index (κ3) is 6.92. The zero-order valence-corrected chi connectivity index (χ0v) is 19.9. The predicted molar refractivity (Wildman–Crippen MR) is 118 cm³/mol. The highest BCUT2D eigenvalue weighted by atomic mass is 32.1. The molecule has 0 aromatic carbocycles. The molecule has 0 bridgehead atoms. The smallest absolute Gasteiger partial charge is 0.419 e. The van der Waals surface area contributed by atoms with Gasteiger partial charge in [-0.25, -0.2) is 19.7 Å². The summed E-state index contributed by atoms with van der Waals surface area (Å²) in [6.07, 6.45) is -2.17. The van der Waals surface area contributed by atoms with Crippen molar-refractivity contribution >= 4 is 34.3 Å². The quantitative estimate of drug-likeness (QED) is 0.642. The Hall–Kier alpha value is -3.16. The second-order valence-electron chi connectivity index (χ2n) is 8.56. The second-order valence-corrected chi connectivity index (χ2v) is 9.53. The zero-order chi connectivity index (χ0) is 25.1. The Labute approximate surface area is 198 Å². The third-order valence-corrected chi connectivity index (χ3v) is 5.36. The first-order valence-corrected chi connectivity index (χ1v) is 11.2. The molecule has 34 heavy (non-hydrogen) atoms. The molecular formula is C20H25F3N6O4S. The fourth-order valence-corrected chi connectivity index (χ4v) is 3.72. The number of carbonyl (C=O) groups is 2. The lowest BCUT2D eigenvalue weighted by Gasteiger charge is -2.33. The summed E-state index contributed by atoms with van der Waals surface area (Å²) < 4.78 is 48.9. The summed E-state index contributed by atoms with van der Waals surface area (Å²) >= 11 is 1.17. The highest BCUT2D eigenvalue weighted by molar-refractivity contribution is 7.17. The van der Waals surface area contributed by atoms with E-state index in [0.29, 0.717) is 29.1 Å². The fourth-order valence-electron chi connectivity index (χ4n) is 2.90. The molecule has 3 heterocycles. The van der Waals surface area contributed by atoms with Crippen molar-refractivity contribution < 1.29 is 32.2 Å². The van der Waals surface area contributed by atoms with Gasteiger partial charge in [0.2, 0.25) is 11.9 Å². The molecule has 1 saturated heterocycles. The van der Waals surface area contributed by atoms with Crippen LogP contribution in [0.3, 0.4) is 0 Å². The minimum absolute atomic E-state index is 0.0563. The highest BCUT2D eigenvalue weighted by Gasteiger charge is 2.33. The standard InChI is InChI=1S/C20H25F3N6O4S/c1-12(27-17(31)33-19(2,3)4)11-32-18-26-9-15(34-18)29-6-5-28(10-14(29)30)16-24-7-13(8-25-16)20(21,22)23/h7-9,12H,5-6,10-11H2,1-4H3,(H,27,31)/t12-/m0/s1. The number of alkyl halides is 3. The topological polar surface area (TPSA) is 110 Å². The number of thiazole rings is 1. The van der Waals surface area contributed by atoms with E-state index in [0.717, 1.165) is 0 Å². The number of anilines is 2. The van der Waals surface area contributed by atoms with Crippen molar-refractivity contribution in [3.05, 3.63) is 24.2 Å². The monoisotopic (exact) mass is 502 g/mol. The number of nitrogens with zero attached hydrogens (tertiary/aromatic N) is 5. The average Bonchev–Trinajstić information content (AvgIpc) is 3.19. The van der Waals surface area contributed by atoms with Crippen molar-refractivity contribution in [1.82, 2.24) is 20.3 Å². The van der Waals surface area contributed by atoms with Gasteiger partial charge in [-0.2, -0.15) is 13.2 Å². The van der Waals surface area contributed by atoms with Gasteiger partial charge in [0.15, 0.2) is 0 Å². The normalized spacial score (nSPS) is 15.8. The Morgan fingerprint density at radius 3 is 2.44 bits per heavy atom. The Kier molecular flexibility index (Phi) is 7.48. The summed E-state index contributed by atoms with van der Waals surface area (Å²) in [5.74, 6) is -0.217. The maximum atomic E-state index is 12.7. The van der Waals surface area contributed by atoms with E-state index < -0.39 is 23.4 Å². The molecule has 10 nitrogen and oxygen atoms in total. The lowest BCUT2D eigenvalue weighted by Crippen LogP contribution is -2.51. The molecular weight excluding hydrogens is 477 g/mol. The van der Waals surface area contributed by atoms with Gasteiger partial charge in [-0.05, 0) is 27.7 Å². The van der Waals surface area contributed by atoms with Crippen LogP contribution in [0.5, 0.6) is 5.19 Å². The van der Waals surface area contributed by atoms with Crippen LogP contribution in [0.2, 0.25) is 0 Å². The van der Waals surface area contributed by atoms with Gasteiger partial charge in [-0.1, -0.05) is 11.3 Å². The van der Waals surface area contributed by atoms with Gasteiger partial charge >= 0.3 is 12.3 Å². The first kappa shape index (κ1) is 25.5.